The molecular formula is C11H20O2. The minimum Gasteiger partial charge on any atom is -0.393 e. The van der Waals surface area contributed by atoms with E-state index < -0.39 is 0 Å². The van der Waals surface area contributed by atoms with Gasteiger partial charge in [0.1, 0.15) is 0 Å². The van der Waals surface area contributed by atoms with Crippen molar-refractivity contribution in [2.75, 3.05) is 6.61 Å². The molecule has 2 rings (SSSR count). The average Bonchev–Trinajstić information content (AvgIpc) is 2.70. The molecule has 1 N–H and O–H groups in total. The SMILES string of the molecule is CC1(C(O)CCC2CCCO2)CC1. The lowest BCUT2D eigenvalue weighted by atomic mass is 9.96. The van der Waals surface area contributed by atoms with E-state index in [9.17, 15) is 5.11 Å². The van der Waals surface area contributed by atoms with Crippen LogP contribution < -0.4 is 0 Å². The number of ether oxygens (including phenoxy) is 1. The molecule has 2 unspecified atom stereocenters. The second-order valence-corrected chi connectivity index (χ2v) is 4.88. The van der Waals surface area contributed by atoms with Crippen LogP contribution in [0.25, 0.3) is 0 Å². The molecule has 13 heavy (non-hydrogen) atoms. The highest BCUT2D eigenvalue weighted by Gasteiger charge is 2.43. The first-order valence-corrected chi connectivity index (χ1v) is 5.50. The molecule has 1 saturated carbocycles. The van der Waals surface area contributed by atoms with Crippen molar-refractivity contribution in [1.29, 1.82) is 0 Å². The van der Waals surface area contributed by atoms with Crippen molar-refractivity contribution in [1.82, 2.24) is 0 Å². The molecule has 0 amide bonds. The molecule has 1 aliphatic carbocycles. The largest absolute Gasteiger partial charge is 0.393 e. The summed E-state index contributed by atoms with van der Waals surface area (Å²) in [6.45, 7) is 3.12. The summed E-state index contributed by atoms with van der Waals surface area (Å²) in [7, 11) is 0. The van der Waals surface area contributed by atoms with Gasteiger partial charge in [0.15, 0.2) is 0 Å². The van der Waals surface area contributed by atoms with Gasteiger partial charge in [-0.1, -0.05) is 6.92 Å². The van der Waals surface area contributed by atoms with Crippen LogP contribution in [0.15, 0.2) is 0 Å². The van der Waals surface area contributed by atoms with E-state index in [2.05, 4.69) is 6.92 Å². The first-order valence-electron chi connectivity index (χ1n) is 5.50. The van der Waals surface area contributed by atoms with Gasteiger partial charge in [0.25, 0.3) is 0 Å². The van der Waals surface area contributed by atoms with Crippen LogP contribution in [0.2, 0.25) is 0 Å². The fourth-order valence-corrected chi connectivity index (χ4v) is 2.09. The van der Waals surface area contributed by atoms with Gasteiger partial charge in [0.05, 0.1) is 12.2 Å². The van der Waals surface area contributed by atoms with E-state index in [1.807, 2.05) is 0 Å². The topological polar surface area (TPSA) is 29.5 Å². The summed E-state index contributed by atoms with van der Waals surface area (Å²) in [5, 5.41) is 9.85. The van der Waals surface area contributed by atoms with Crippen LogP contribution in [0.4, 0.5) is 0 Å². The van der Waals surface area contributed by atoms with Crippen molar-refractivity contribution >= 4 is 0 Å². The second kappa shape index (κ2) is 3.58. The van der Waals surface area contributed by atoms with Crippen molar-refractivity contribution in [3.8, 4) is 0 Å². The Kier molecular flexibility index (Phi) is 2.61. The Hall–Kier alpha value is -0.0800. The highest BCUT2D eigenvalue weighted by molar-refractivity contribution is 4.94. The maximum absolute atomic E-state index is 9.85. The van der Waals surface area contributed by atoms with Crippen LogP contribution in [0, 0.1) is 5.41 Å². The molecule has 0 bridgehead atoms. The summed E-state index contributed by atoms with van der Waals surface area (Å²) in [5.74, 6) is 0. The van der Waals surface area contributed by atoms with E-state index in [1.54, 1.807) is 0 Å². The van der Waals surface area contributed by atoms with Gasteiger partial charge >= 0.3 is 0 Å². The molecule has 2 heteroatoms. The first kappa shape index (κ1) is 9.47. The Morgan fingerprint density at radius 3 is 2.85 bits per heavy atom. The molecule has 2 nitrogen and oxygen atoms in total. The number of aliphatic hydroxyl groups excluding tert-OH is 1. The quantitative estimate of drug-likeness (QED) is 0.725. The van der Waals surface area contributed by atoms with E-state index in [0.717, 1.165) is 19.4 Å². The predicted molar refractivity (Wildman–Crippen MR) is 51.6 cm³/mol. The maximum Gasteiger partial charge on any atom is 0.0594 e. The number of rotatable bonds is 4. The third kappa shape index (κ3) is 2.23. The van der Waals surface area contributed by atoms with Gasteiger partial charge in [-0.05, 0) is 43.9 Å². The maximum atomic E-state index is 9.85. The predicted octanol–water partition coefficient (Wildman–Crippen LogP) is 2.11. The smallest absolute Gasteiger partial charge is 0.0594 e. The molecule has 0 spiro atoms. The van der Waals surface area contributed by atoms with Crippen LogP contribution in [0.1, 0.15) is 45.4 Å². The lowest BCUT2D eigenvalue weighted by molar-refractivity contribution is 0.0559. The molecule has 0 aromatic rings. The minimum absolute atomic E-state index is 0.0864. The summed E-state index contributed by atoms with van der Waals surface area (Å²) in [6.07, 6.45) is 7.16. The van der Waals surface area contributed by atoms with Crippen molar-refractivity contribution in [2.45, 2.75) is 57.7 Å². The summed E-state index contributed by atoms with van der Waals surface area (Å²) in [6, 6.07) is 0. The number of hydrogen-bond donors (Lipinski definition) is 1. The van der Waals surface area contributed by atoms with Gasteiger partial charge in [-0.3, -0.25) is 0 Å². The molecule has 1 saturated heterocycles. The second-order valence-electron chi connectivity index (χ2n) is 4.88. The van der Waals surface area contributed by atoms with E-state index in [-0.39, 0.29) is 11.5 Å². The van der Waals surface area contributed by atoms with Crippen LogP contribution in [-0.2, 0) is 4.74 Å². The van der Waals surface area contributed by atoms with Crippen molar-refractivity contribution in [3.05, 3.63) is 0 Å². The van der Waals surface area contributed by atoms with Crippen LogP contribution in [0.3, 0.4) is 0 Å². The van der Waals surface area contributed by atoms with Crippen LogP contribution >= 0.6 is 0 Å². The Morgan fingerprint density at radius 2 is 2.31 bits per heavy atom. The summed E-state index contributed by atoms with van der Waals surface area (Å²) < 4.78 is 5.53. The average molecular weight is 184 g/mol. The lowest BCUT2D eigenvalue weighted by Crippen LogP contribution is -2.20. The third-order valence-electron chi connectivity index (χ3n) is 3.63. The molecule has 1 heterocycles. The molecule has 1 aliphatic heterocycles. The molecule has 2 aliphatic rings. The van der Waals surface area contributed by atoms with Crippen LogP contribution in [0.5, 0.6) is 0 Å². The Labute approximate surface area is 80.3 Å². The Bertz CT molecular complexity index is 169. The molecule has 0 radical (unpaired) electrons. The van der Waals surface area contributed by atoms with E-state index in [1.165, 1.54) is 25.7 Å². The molecular weight excluding hydrogens is 164 g/mol. The van der Waals surface area contributed by atoms with Crippen molar-refractivity contribution < 1.29 is 9.84 Å². The van der Waals surface area contributed by atoms with Gasteiger partial charge in [-0.2, -0.15) is 0 Å². The van der Waals surface area contributed by atoms with Crippen molar-refractivity contribution in [3.63, 3.8) is 0 Å². The molecule has 0 aromatic heterocycles. The van der Waals surface area contributed by atoms with Crippen molar-refractivity contribution in [2.24, 2.45) is 5.41 Å². The van der Waals surface area contributed by atoms with Gasteiger partial charge in [0, 0.05) is 6.61 Å². The monoisotopic (exact) mass is 184 g/mol. The highest BCUT2D eigenvalue weighted by Crippen LogP contribution is 2.49. The minimum atomic E-state index is -0.0864. The highest BCUT2D eigenvalue weighted by atomic mass is 16.5. The molecule has 0 aromatic carbocycles. The summed E-state index contributed by atoms with van der Waals surface area (Å²) >= 11 is 0. The number of hydrogen-bond acceptors (Lipinski definition) is 2. The fourth-order valence-electron chi connectivity index (χ4n) is 2.09. The number of aliphatic hydroxyl groups is 1. The first-order chi connectivity index (χ1) is 6.21. The van der Waals surface area contributed by atoms with Gasteiger partial charge in [-0.25, -0.2) is 0 Å². The Balaban J connectivity index is 1.66. The van der Waals surface area contributed by atoms with E-state index in [0.29, 0.717) is 6.10 Å². The van der Waals surface area contributed by atoms with Gasteiger partial charge < -0.3 is 9.84 Å². The normalized spacial score (nSPS) is 33.2. The summed E-state index contributed by atoms with van der Waals surface area (Å²) in [4.78, 5) is 0. The zero-order chi connectivity index (χ0) is 9.31. The summed E-state index contributed by atoms with van der Waals surface area (Å²) in [5.41, 5.74) is 0.263. The van der Waals surface area contributed by atoms with E-state index >= 15 is 0 Å². The molecule has 2 fully saturated rings. The zero-order valence-electron chi connectivity index (χ0n) is 8.46. The standard InChI is InChI=1S/C11H20O2/c1-11(6-7-11)10(12)5-4-9-3-2-8-13-9/h9-10,12H,2-8H2,1H3. The Morgan fingerprint density at radius 1 is 1.54 bits per heavy atom. The molecule has 76 valence electrons. The zero-order valence-corrected chi connectivity index (χ0v) is 8.46. The lowest BCUT2D eigenvalue weighted by Gasteiger charge is -2.18. The van der Waals surface area contributed by atoms with Gasteiger partial charge in [-0.15, -0.1) is 0 Å². The fraction of sp³-hybridized carbons (Fsp3) is 1.00. The molecule has 2 atom stereocenters. The third-order valence-corrected chi connectivity index (χ3v) is 3.63. The van der Waals surface area contributed by atoms with Crippen LogP contribution in [-0.4, -0.2) is 23.9 Å². The van der Waals surface area contributed by atoms with Gasteiger partial charge in [0.2, 0.25) is 0 Å². The van der Waals surface area contributed by atoms with E-state index in [4.69, 9.17) is 4.74 Å².